The van der Waals surface area contributed by atoms with Crippen LogP contribution >= 0.6 is 11.8 Å². The number of halogens is 1. The first-order valence-corrected chi connectivity index (χ1v) is 11.7. The number of fused-ring (bicyclic) bond motifs is 1. The Morgan fingerprint density at radius 1 is 1.15 bits per heavy atom. The molecule has 8 heteroatoms. The fourth-order valence-electron chi connectivity index (χ4n) is 4.42. The lowest BCUT2D eigenvalue weighted by atomic mass is 9.76. The Bertz CT molecular complexity index is 1330. The van der Waals surface area contributed by atoms with E-state index in [2.05, 4.69) is 15.3 Å². The number of allylic oxidation sites excluding steroid dienone is 2. The van der Waals surface area contributed by atoms with Crippen LogP contribution in [0.4, 0.5) is 10.2 Å². The van der Waals surface area contributed by atoms with Gasteiger partial charge < -0.3 is 15.0 Å². The number of hydrogen-bond acceptors (Lipinski definition) is 6. The van der Waals surface area contributed by atoms with E-state index in [1.807, 2.05) is 24.3 Å². The first-order chi connectivity index (χ1) is 16.0. The van der Waals surface area contributed by atoms with E-state index in [9.17, 15) is 14.0 Å². The number of aromatic nitrogens is 2. The molecule has 3 aromatic rings. The highest BCUT2D eigenvalue weighted by atomic mass is 32.2. The number of Topliss-reactive ketones (excluding diaryl/α,β-unsaturated/α-hetero) is 1. The summed E-state index contributed by atoms with van der Waals surface area (Å²) in [7, 11) is 1.58. The van der Waals surface area contributed by atoms with Gasteiger partial charge in [0.1, 0.15) is 17.4 Å². The number of rotatable bonds is 5. The molecule has 0 radical (unpaired) electrons. The fraction of sp³-hybridized carbons (Fsp3) is 0.240. The van der Waals surface area contributed by atoms with Gasteiger partial charge in [0.05, 0.1) is 12.7 Å². The molecule has 1 aliphatic carbocycles. The Morgan fingerprint density at radius 2 is 2.00 bits per heavy atom. The first kappa shape index (κ1) is 21.5. The quantitative estimate of drug-likeness (QED) is 0.419. The van der Waals surface area contributed by atoms with Gasteiger partial charge >= 0.3 is 0 Å². The van der Waals surface area contributed by atoms with Crippen molar-refractivity contribution >= 4 is 23.4 Å². The van der Waals surface area contributed by atoms with E-state index in [-0.39, 0.29) is 17.2 Å². The van der Waals surface area contributed by atoms with Crippen LogP contribution in [-0.4, -0.2) is 22.9 Å². The van der Waals surface area contributed by atoms with E-state index in [4.69, 9.17) is 4.74 Å². The van der Waals surface area contributed by atoms with Gasteiger partial charge in [-0.3, -0.25) is 9.59 Å². The van der Waals surface area contributed by atoms with Crippen LogP contribution in [0.25, 0.3) is 0 Å². The number of anilines is 1. The molecule has 0 bridgehead atoms. The average molecular weight is 464 g/mol. The van der Waals surface area contributed by atoms with Crippen molar-refractivity contribution in [1.29, 1.82) is 0 Å². The minimum absolute atomic E-state index is 0.0413. The third-order valence-electron chi connectivity index (χ3n) is 5.99. The molecule has 168 valence electrons. The van der Waals surface area contributed by atoms with Gasteiger partial charge in [0.2, 0.25) is 0 Å². The van der Waals surface area contributed by atoms with E-state index in [1.54, 1.807) is 25.3 Å². The van der Waals surface area contributed by atoms with E-state index in [0.29, 0.717) is 52.0 Å². The topological polar surface area (TPSA) is 84.1 Å². The number of nitrogens with one attached hydrogen (secondary N) is 2. The lowest BCUT2D eigenvalue weighted by Crippen LogP contribution is -2.32. The van der Waals surface area contributed by atoms with Crippen molar-refractivity contribution in [3.8, 4) is 5.75 Å². The van der Waals surface area contributed by atoms with Gasteiger partial charge in [-0.05, 0) is 42.2 Å². The summed E-state index contributed by atoms with van der Waals surface area (Å²) in [6, 6.07) is 14.0. The average Bonchev–Trinajstić information content (AvgIpc) is 2.82. The second-order valence-electron chi connectivity index (χ2n) is 8.02. The van der Waals surface area contributed by atoms with Crippen molar-refractivity contribution in [2.24, 2.45) is 0 Å². The van der Waals surface area contributed by atoms with Gasteiger partial charge in [0.15, 0.2) is 10.9 Å². The van der Waals surface area contributed by atoms with Crippen molar-refractivity contribution < 1.29 is 13.9 Å². The Kier molecular flexibility index (Phi) is 5.76. The molecule has 1 aliphatic heterocycles. The number of carbonyl (C=O) groups excluding carboxylic acids is 1. The molecule has 1 atom stereocenters. The van der Waals surface area contributed by atoms with Crippen molar-refractivity contribution in [1.82, 2.24) is 9.97 Å². The highest BCUT2D eigenvalue weighted by Gasteiger charge is 2.38. The summed E-state index contributed by atoms with van der Waals surface area (Å²) in [5, 5.41) is 3.65. The molecule has 6 nitrogen and oxygen atoms in total. The maximum absolute atomic E-state index is 14.0. The number of nitrogens with zero attached hydrogens (tertiary/aromatic N) is 1. The van der Waals surface area contributed by atoms with Crippen LogP contribution in [0, 0.1) is 5.82 Å². The lowest BCUT2D eigenvalue weighted by molar-refractivity contribution is -0.116. The molecular formula is C25H22FN3O3S. The van der Waals surface area contributed by atoms with Gasteiger partial charge in [-0.25, -0.2) is 9.37 Å². The first-order valence-electron chi connectivity index (χ1n) is 10.7. The number of ether oxygens (including phenoxy) is 1. The summed E-state index contributed by atoms with van der Waals surface area (Å²) in [5.74, 6) is 0.647. The van der Waals surface area contributed by atoms with Crippen molar-refractivity contribution in [2.75, 3.05) is 12.4 Å². The van der Waals surface area contributed by atoms with Crippen molar-refractivity contribution in [2.45, 2.75) is 36.1 Å². The summed E-state index contributed by atoms with van der Waals surface area (Å²) < 4.78 is 19.4. The minimum Gasteiger partial charge on any atom is -0.497 e. The molecule has 2 heterocycles. The van der Waals surface area contributed by atoms with Crippen molar-refractivity contribution in [3.05, 3.63) is 92.7 Å². The molecule has 0 fully saturated rings. The highest BCUT2D eigenvalue weighted by Crippen LogP contribution is 2.44. The number of aromatic amines is 1. The SMILES string of the molecule is COc1cccc(C2C3=C(CCCC3=O)Nc3nc(SCc4ccccc4F)[nH]c(=O)c32)c1. The minimum atomic E-state index is -0.527. The Balaban J connectivity index is 1.57. The van der Waals surface area contributed by atoms with Crippen LogP contribution in [0.15, 0.2) is 69.8 Å². The third-order valence-corrected chi connectivity index (χ3v) is 6.91. The summed E-state index contributed by atoms with van der Waals surface area (Å²) in [6.45, 7) is 0. The van der Waals surface area contributed by atoms with Crippen LogP contribution < -0.4 is 15.6 Å². The van der Waals surface area contributed by atoms with Crippen LogP contribution in [0.3, 0.4) is 0 Å². The van der Waals surface area contributed by atoms with Gasteiger partial charge in [-0.15, -0.1) is 0 Å². The molecule has 2 aromatic carbocycles. The Labute approximate surface area is 194 Å². The number of methoxy groups -OCH3 is 1. The van der Waals surface area contributed by atoms with E-state index in [0.717, 1.165) is 17.7 Å². The second-order valence-corrected chi connectivity index (χ2v) is 8.98. The number of H-pyrrole nitrogens is 1. The highest BCUT2D eigenvalue weighted by molar-refractivity contribution is 7.98. The zero-order chi connectivity index (χ0) is 22.9. The van der Waals surface area contributed by atoms with Gasteiger partial charge in [0, 0.05) is 29.4 Å². The summed E-state index contributed by atoms with van der Waals surface area (Å²) in [6.07, 6.45) is 1.92. The van der Waals surface area contributed by atoms with Crippen LogP contribution in [0.2, 0.25) is 0 Å². The van der Waals surface area contributed by atoms with Crippen molar-refractivity contribution in [3.63, 3.8) is 0 Å². The van der Waals surface area contributed by atoms with Gasteiger partial charge in [0.25, 0.3) is 5.56 Å². The van der Waals surface area contributed by atoms with Crippen LogP contribution in [-0.2, 0) is 10.5 Å². The molecule has 0 amide bonds. The fourth-order valence-corrected chi connectivity index (χ4v) is 5.27. The lowest BCUT2D eigenvalue weighted by Gasteiger charge is -2.32. The second kappa shape index (κ2) is 8.86. The van der Waals surface area contributed by atoms with Crippen LogP contribution in [0.5, 0.6) is 5.75 Å². The summed E-state index contributed by atoms with van der Waals surface area (Å²) >= 11 is 1.26. The predicted octanol–water partition coefficient (Wildman–Crippen LogP) is 4.77. The molecule has 0 spiro atoms. The molecule has 2 aliphatic rings. The summed E-state index contributed by atoms with van der Waals surface area (Å²) in [4.78, 5) is 33.7. The molecular weight excluding hydrogens is 441 g/mol. The number of hydrogen-bond donors (Lipinski definition) is 2. The van der Waals surface area contributed by atoms with E-state index in [1.165, 1.54) is 17.8 Å². The molecule has 1 unspecified atom stereocenters. The molecule has 0 saturated carbocycles. The molecule has 2 N–H and O–H groups in total. The van der Waals surface area contributed by atoms with Gasteiger partial charge in [-0.1, -0.05) is 42.1 Å². The normalized spacial score (nSPS) is 17.3. The number of benzene rings is 2. The maximum Gasteiger partial charge on any atom is 0.257 e. The monoisotopic (exact) mass is 463 g/mol. The van der Waals surface area contributed by atoms with E-state index < -0.39 is 5.92 Å². The zero-order valence-electron chi connectivity index (χ0n) is 18.0. The van der Waals surface area contributed by atoms with E-state index >= 15 is 0 Å². The molecule has 1 aromatic heterocycles. The molecule has 0 saturated heterocycles. The predicted molar refractivity (Wildman–Crippen MR) is 125 cm³/mol. The largest absolute Gasteiger partial charge is 0.497 e. The van der Waals surface area contributed by atoms with Crippen LogP contribution in [0.1, 0.15) is 41.9 Å². The van der Waals surface area contributed by atoms with Gasteiger partial charge in [-0.2, -0.15) is 0 Å². The standard InChI is InChI=1S/C25H22FN3O3S/c1-32-16-8-4-7-14(12-16)20-21-18(10-5-11-19(21)30)27-23-22(20)24(31)29-25(28-23)33-13-15-6-2-3-9-17(15)26/h2-4,6-9,12,20H,5,10-11,13H2,1H3,(H2,27,28,29,31). The smallest absolute Gasteiger partial charge is 0.257 e. The number of ketones is 1. The maximum atomic E-state index is 14.0. The summed E-state index contributed by atoms with van der Waals surface area (Å²) in [5.41, 5.74) is 2.87. The Morgan fingerprint density at radius 3 is 2.82 bits per heavy atom. The molecule has 5 rings (SSSR count). The molecule has 33 heavy (non-hydrogen) atoms. The number of thioether (sulfide) groups is 1. The third kappa shape index (κ3) is 4.06. The number of carbonyl (C=O) groups is 1. The zero-order valence-corrected chi connectivity index (χ0v) is 18.8. The Hall–Kier alpha value is -3.39.